The number of hydrogen-bond donors (Lipinski definition) is 0. The summed E-state index contributed by atoms with van der Waals surface area (Å²) < 4.78 is 37.9. The van der Waals surface area contributed by atoms with E-state index in [0.29, 0.717) is 0 Å². The quantitative estimate of drug-likeness (QED) is 0.532. The van der Waals surface area contributed by atoms with E-state index < -0.39 is 11.9 Å². The predicted molar refractivity (Wildman–Crippen MR) is 18.1 cm³/mol. The smallest absolute Gasteiger partial charge is 0.331 e. The summed E-state index contributed by atoms with van der Waals surface area (Å²) in [6.45, 7) is 0. The maximum Gasteiger partial charge on any atom is 0.454 e. The summed E-state index contributed by atoms with van der Waals surface area (Å²) in [4.78, 5) is 0. The van der Waals surface area contributed by atoms with Crippen LogP contribution in [0, 0.1) is 6.20 Å². The molecule has 1 radical (unpaired) electrons. The average Bonchev–Trinajstić information content (AvgIpc) is 2.08. The standard InChI is InChI=1S/C3F3N2O/c4-3(5,6)2-1-7-8-9-2. The maximum absolute atomic E-state index is 11.4. The van der Waals surface area contributed by atoms with Gasteiger partial charge in [0, 0.05) is 5.27 Å². The molecular formula is C3F3N2O. The lowest BCUT2D eigenvalue weighted by Crippen LogP contribution is -2.02. The van der Waals surface area contributed by atoms with Crippen LogP contribution in [0.15, 0.2) is 4.52 Å². The zero-order valence-electron chi connectivity index (χ0n) is 3.94. The first-order valence-corrected chi connectivity index (χ1v) is 1.88. The van der Waals surface area contributed by atoms with E-state index in [0.717, 1.165) is 0 Å². The summed E-state index contributed by atoms with van der Waals surface area (Å²) in [5.41, 5.74) is 0. The highest BCUT2D eigenvalue weighted by atomic mass is 19.4. The second-order valence-electron chi connectivity index (χ2n) is 1.21. The fourth-order valence-electron chi connectivity index (χ4n) is 0.263. The Morgan fingerprint density at radius 3 is 2.33 bits per heavy atom. The van der Waals surface area contributed by atoms with Gasteiger partial charge in [-0.3, -0.25) is 0 Å². The van der Waals surface area contributed by atoms with Gasteiger partial charge < -0.3 is 4.52 Å². The Hall–Kier alpha value is -1.07. The van der Waals surface area contributed by atoms with Gasteiger partial charge in [0.15, 0.2) is 6.20 Å². The molecule has 0 spiro atoms. The van der Waals surface area contributed by atoms with Crippen LogP contribution in [0.25, 0.3) is 0 Å². The van der Waals surface area contributed by atoms with Crippen LogP contribution in [0.5, 0.6) is 0 Å². The van der Waals surface area contributed by atoms with E-state index in [4.69, 9.17) is 0 Å². The van der Waals surface area contributed by atoms with Crippen molar-refractivity contribution in [1.29, 1.82) is 0 Å². The first-order valence-electron chi connectivity index (χ1n) is 1.88. The third-order valence-corrected chi connectivity index (χ3v) is 0.582. The molecule has 0 bridgehead atoms. The Bertz CT molecular complexity index is 179. The van der Waals surface area contributed by atoms with E-state index >= 15 is 0 Å². The van der Waals surface area contributed by atoms with Crippen molar-refractivity contribution in [3.63, 3.8) is 0 Å². The molecule has 0 aromatic carbocycles. The lowest BCUT2D eigenvalue weighted by Gasteiger charge is -1.95. The molecular weight excluding hydrogens is 137 g/mol. The van der Waals surface area contributed by atoms with Crippen molar-refractivity contribution >= 4 is 0 Å². The molecule has 0 aliphatic carbocycles. The molecule has 1 aromatic heterocycles. The Kier molecular flexibility index (Phi) is 1.15. The van der Waals surface area contributed by atoms with Crippen LogP contribution < -0.4 is 0 Å². The van der Waals surface area contributed by atoms with Crippen LogP contribution in [0.2, 0.25) is 0 Å². The predicted octanol–water partition coefficient (Wildman–Crippen LogP) is 0.889. The van der Waals surface area contributed by atoms with Crippen molar-refractivity contribution in [3.8, 4) is 0 Å². The Labute approximate surface area is 47.4 Å². The molecule has 0 aliphatic heterocycles. The van der Waals surface area contributed by atoms with Gasteiger partial charge in [-0.1, -0.05) is 0 Å². The van der Waals surface area contributed by atoms with Crippen molar-refractivity contribution in [2.45, 2.75) is 6.18 Å². The van der Waals surface area contributed by atoms with Gasteiger partial charge in [0.2, 0.25) is 0 Å². The molecule has 1 aromatic rings. The second kappa shape index (κ2) is 1.71. The third-order valence-electron chi connectivity index (χ3n) is 0.582. The van der Waals surface area contributed by atoms with Crippen molar-refractivity contribution in [1.82, 2.24) is 10.4 Å². The summed E-state index contributed by atoms with van der Waals surface area (Å²) in [5.74, 6) is -1.30. The number of nitrogens with zero attached hydrogens (tertiary/aromatic N) is 2. The minimum atomic E-state index is -4.52. The number of rotatable bonds is 0. The zero-order chi connectivity index (χ0) is 6.91. The van der Waals surface area contributed by atoms with Gasteiger partial charge >= 0.3 is 6.18 Å². The average molecular weight is 137 g/mol. The zero-order valence-corrected chi connectivity index (χ0v) is 3.94. The molecule has 3 nitrogen and oxygen atoms in total. The largest absolute Gasteiger partial charge is 0.454 e. The SMILES string of the molecule is FC(F)(F)c1[c]nno1. The van der Waals surface area contributed by atoms with Gasteiger partial charge in [-0.2, -0.15) is 13.2 Å². The lowest BCUT2D eigenvalue weighted by molar-refractivity contribution is -0.155. The molecule has 0 amide bonds. The van der Waals surface area contributed by atoms with E-state index in [9.17, 15) is 13.2 Å². The van der Waals surface area contributed by atoms with Crippen LogP contribution in [-0.4, -0.2) is 10.4 Å². The van der Waals surface area contributed by atoms with Crippen LogP contribution in [0.4, 0.5) is 13.2 Å². The first kappa shape index (κ1) is 6.06. The fourth-order valence-corrected chi connectivity index (χ4v) is 0.263. The minimum Gasteiger partial charge on any atom is -0.331 e. The second-order valence-corrected chi connectivity index (χ2v) is 1.21. The summed E-state index contributed by atoms with van der Waals surface area (Å²) in [5, 5.41) is 5.32. The molecule has 0 atom stereocenters. The van der Waals surface area contributed by atoms with Crippen molar-refractivity contribution < 1.29 is 17.7 Å². The number of halogens is 3. The lowest BCUT2D eigenvalue weighted by atomic mass is 10.5. The van der Waals surface area contributed by atoms with Crippen LogP contribution >= 0.6 is 0 Å². The van der Waals surface area contributed by atoms with Gasteiger partial charge in [-0.15, -0.1) is 5.10 Å². The molecule has 49 valence electrons. The van der Waals surface area contributed by atoms with Gasteiger partial charge in [-0.25, -0.2) is 0 Å². The maximum atomic E-state index is 11.4. The number of hydrogen-bond acceptors (Lipinski definition) is 3. The number of aromatic nitrogens is 2. The summed E-state index contributed by atoms with van der Waals surface area (Å²) >= 11 is 0. The molecule has 1 heterocycles. The topological polar surface area (TPSA) is 38.9 Å². The molecule has 0 saturated carbocycles. The molecule has 0 N–H and O–H groups in total. The number of alkyl halides is 3. The Morgan fingerprint density at radius 2 is 2.11 bits per heavy atom. The molecule has 1 rings (SSSR count). The highest BCUT2D eigenvalue weighted by Crippen LogP contribution is 2.27. The Balaban J connectivity index is 2.90. The monoisotopic (exact) mass is 137 g/mol. The first-order chi connectivity index (χ1) is 4.11. The van der Waals surface area contributed by atoms with Gasteiger partial charge in [-0.05, 0) is 0 Å². The molecule has 6 heteroatoms. The third kappa shape index (κ3) is 1.18. The van der Waals surface area contributed by atoms with E-state index in [1.165, 1.54) is 6.20 Å². The van der Waals surface area contributed by atoms with E-state index in [2.05, 4.69) is 14.9 Å². The van der Waals surface area contributed by atoms with E-state index in [1.54, 1.807) is 0 Å². The van der Waals surface area contributed by atoms with Gasteiger partial charge in [0.25, 0.3) is 5.76 Å². The molecule has 0 fully saturated rings. The summed E-state index contributed by atoms with van der Waals surface area (Å²) in [6, 6.07) is 0. The summed E-state index contributed by atoms with van der Waals surface area (Å²) in [7, 11) is 0. The van der Waals surface area contributed by atoms with Crippen LogP contribution in [-0.2, 0) is 6.18 Å². The Morgan fingerprint density at radius 1 is 1.44 bits per heavy atom. The van der Waals surface area contributed by atoms with Crippen molar-refractivity contribution in [2.24, 2.45) is 0 Å². The van der Waals surface area contributed by atoms with Crippen molar-refractivity contribution in [3.05, 3.63) is 12.0 Å². The molecule has 0 unspecified atom stereocenters. The molecule has 0 saturated heterocycles. The highest BCUT2D eigenvalue weighted by Gasteiger charge is 2.36. The van der Waals surface area contributed by atoms with E-state index in [-0.39, 0.29) is 0 Å². The van der Waals surface area contributed by atoms with Gasteiger partial charge in [0.05, 0.1) is 0 Å². The van der Waals surface area contributed by atoms with Crippen LogP contribution in [0.1, 0.15) is 5.76 Å². The molecule has 9 heavy (non-hydrogen) atoms. The van der Waals surface area contributed by atoms with Crippen LogP contribution in [0.3, 0.4) is 0 Å². The normalized spacial score (nSPS) is 11.9. The molecule has 0 aliphatic rings. The van der Waals surface area contributed by atoms with Gasteiger partial charge in [0.1, 0.15) is 0 Å². The van der Waals surface area contributed by atoms with Crippen molar-refractivity contribution in [2.75, 3.05) is 0 Å². The highest BCUT2D eigenvalue weighted by molar-refractivity contribution is 4.88. The summed E-state index contributed by atoms with van der Waals surface area (Å²) in [6.07, 6.45) is -3.00. The van der Waals surface area contributed by atoms with E-state index in [1.807, 2.05) is 0 Å². The minimum absolute atomic E-state index is 1.30. The fraction of sp³-hybridized carbons (Fsp3) is 0.333.